The van der Waals surface area contributed by atoms with E-state index in [-0.39, 0.29) is 16.8 Å². The molecule has 0 unspecified atom stereocenters. The van der Waals surface area contributed by atoms with Gasteiger partial charge in [0, 0.05) is 5.56 Å². The summed E-state index contributed by atoms with van der Waals surface area (Å²) in [5.41, 5.74) is 5.03. The van der Waals surface area contributed by atoms with Crippen LogP contribution in [0.15, 0.2) is 6.07 Å². The first-order chi connectivity index (χ1) is 6.79. The van der Waals surface area contributed by atoms with E-state index in [1.807, 2.05) is 0 Å². The molecular formula is C11H12F2N2. The average molecular weight is 210 g/mol. The molecule has 0 fully saturated rings. The summed E-state index contributed by atoms with van der Waals surface area (Å²) < 4.78 is 26.7. The summed E-state index contributed by atoms with van der Waals surface area (Å²) in [6, 6.07) is 2.56. The normalized spacial score (nSPS) is 11.2. The second-order valence-electron chi connectivity index (χ2n) is 4.37. The summed E-state index contributed by atoms with van der Waals surface area (Å²) in [5, 5.41) is 8.70. The highest BCUT2D eigenvalue weighted by Gasteiger charge is 2.26. The maximum absolute atomic E-state index is 13.5. The van der Waals surface area contributed by atoms with E-state index in [0.717, 1.165) is 6.07 Å². The zero-order valence-electron chi connectivity index (χ0n) is 8.86. The molecule has 2 N–H and O–H groups in total. The van der Waals surface area contributed by atoms with Gasteiger partial charge in [0.1, 0.15) is 6.07 Å². The lowest BCUT2D eigenvalue weighted by molar-refractivity contribution is 0.466. The van der Waals surface area contributed by atoms with E-state index in [2.05, 4.69) is 0 Å². The number of hydrogen-bond donors (Lipinski definition) is 1. The van der Waals surface area contributed by atoms with Gasteiger partial charge in [-0.1, -0.05) is 20.8 Å². The van der Waals surface area contributed by atoms with E-state index in [1.54, 1.807) is 26.8 Å². The van der Waals surface area contributed by atoms with Gasteiger partial charge in [-0.05, 0) is 11.5 Å². The van der Waals surface area contributed by atoms with Gasteiger partial charge in [-0.3, -0.25) is 0 Å². The van der Waals surface area contributed by atoms with E-state index < -0.39 is 17.0 Å². The van der Waals surface area contributed by atoms with Gasteiger partial charge in [0.2, 0.25) is 0 Å². The van der Waals surface area contributed by atoms with Gasteiger partial charge in [-0.2, -0.15) is 5.26 Å². The highest BCUT2D eigenvalue weighted by atomic mass is 19.2. The second-order valence-corrected chi connectivity index (χ2v) is 4.37. The molecule has 0 aliphatic rings. The number of anilines is 1. The summed E-state index contributed by atoms with van der Waals surface area (Å²) in [6.07, 6.45) is 0. The smallest absolute Gasteiger partial charge is 0.164 e. The average Bonchev–Trinajstić information content (AvgIpc) is 2.09. The Morgan fingerprint density at radius 1 is 1.33 bits per heavy atom. The molecule has 0 saturated heterocycles. The molecule has 0 bridgehead atoms. The van der Waals surface area contributed by atoms with E-state index >= 15 is 0 Å². The number of halogens is 2. The van der Waals surface area contributed by atoms with Crippen LogP contribution in [0.4, 0.5) is 14.5 Å². The molecule has 0 spiro atoms. The van der Waals surface area contributed by atoms with Crippen molar-refractivity contribution in [3.63, 3.8) is 0 Å². The Labute approximate surface area is 87.3 Å². The number of nitrogens with zero attached hydrogens (tertiary/aromatic N) is 1. The van der Waals surface area contributed by atoms with E-state index in [9.17, 15) is 8.78 Å². The number of benzene rings is 1. The first-order valence-electron chi connectivity index (χ1n) is 4.47. The van der Waals surface area contributed by atoms with Gasteiger partial charge in [-0.15, -0.1) is 0 Å². The molecule has 15 heavy (non-hydrogen) atoms. The number of rotatable bonds is 0. The topological polar surface area (TPSA) is 49.8 Å². The fraction of sp³-hybridized carbons (Fsp3) is 0.364. The highest BCUT2D eigenvalue weighted by Crippen LogP contribution is 2.33. The van der Waals surface area contributed by atoms with Crippen molar-refractivity contribution in [3.8, 4) is 6.07 Å². The van der Waals surface area contributed by atoms with Crippen molar-refractivity contribution in [2.24, 2.45) is 0 Å². The fourth-order valence-electron chi connectivity index (χ4n) is 1.47. The molecule has 0 aromatic heterocycles. The number of nitrogen functional groups attached to an aromatic ring is 1. The first-order valence-corrected chi connectivity index (χ1v) is 4.47. The number of hydrogen-bond acceptors (Lipinski definition) is 2. The van der Waals surface area contributed by atoms with Crippen molar-refractivity contribution in [3.05, 3.63) is 28.8 Å². The van der Waals surface area contributed by atoms with Crippen LogP contribution in [0.3, 0.4) is 0 Å². The SMILES string of the molecule is CC(C)(C)c1c(N)c(C#N)cc(F)c1F. The Morgan fingerprint density at radius 3 is 2.27 bits per heavy atom. The zero-order chi connectivity index (χ0) is 11.8. The van der Waals surface area contributed by atoms with Gasteiger partial charge in [-0.25, -0.2) is 8.78 Å². The van der Waals surface area contributed by atoms with Gasteiger partial charge >= 0.3 is 0 Å². The molecule has 0 radical (unpaired) electrons. The van der Waals surface area contributed by atoms with Crippen LogP contribution < -0.4 is 5.73 Å². The molecule has 2 nitrogen and oxygen atoms in total. The molecule has 0 saturated carbocycles. The van der Waals surface area contributed by atoms with Crippen LogP contribution in [0.5, 0.6) is 0 Å². The monoisotopic (exact) mass is 210 g/mol. The van der Waals surface area contributed by atoms with Crippen LogP contribution in [0.2, 0.25) is 0 Å². The molecule has 80 valence electrons. The minimum Gasteiger partial charge on any atom is -0.397 e. The Bertz CT molecular complexity index is 439. The van der Waals surface area contributed by atoms with Gasteiger partial charge in [0.25, 0.3) is 0 Å². The highest BCUT2D eigenvalue weighted by molar-refractivity contribution is 5.62. The van der Waals surface area contributed by atoms with Crippen molar-refractivity contribution >= 4 is 5.69 Å². The van der Waals surface area contributed by atoms with Crippen molar-refractivity contribution in [2.45, 2.75) is 26.2 Å². The van der Waals surface area contributed by atoms with Crippen molar-refractivity contribution in [1.82, 2.24) is 0 Å². The first kappa shape index (κ1) is 11.4. The number of nitriles is 1. The Morgan fingerprint density at radius 2 is 1.87 bits per heavy atom. The molecule has 1 rings (SSSR count). The van der Waals surface area contributed by atoms with Crippen molar-refractivity contribution in [2.75, 3.05) is 5.73 Å². The standard InChI is InChI=1S/C11H12F2N2/c1-11(2,3)8-9(13)7(12)4-6(5-14)10(8)15/h4H,15H2,1-3H3. The fourth-order valence-corrected chi connectivity index (χ4v) is 1.47. The molecule has 4 heteroatoms. The third-order valence-electron chi connectivity index (χ3n) is 2.13. The molecule has 1 aromatic carbocycles. The Hall–Kier alpha value is -1.63. The molecular weight excluding hydrogens is 198 g/mol. The lowest BCUT2D eigenvalue weighted by atomic mass is 9.84. The molecule has 0 amide bonds. The summed E-state index contributed by atoms with van der Waals surface area (Å²) in [7, 11) is 0. The number of nitrogens with two attached hydrogens (primary N) is 1. The summed E-state index contributed by atoms with van der Waals surface area (Å²) in [4.78, 5) is 0. The Balaban J connectivity index is 3.64. The van der Waals surface area contributed by atoms with Crippen molar-refractivity contribution in [1.29, 1.82) is 5.26 Å². The van der Waals surface area contributed by atoms with E-state index in [4.69, 9.17) is 11.0 Å². The van der Waals surface area contributed by atoms with Crippen LogP contribution in [-0.4, -0.2) is 0 Å². The summed E-state index contributed by atoms with van der Waals surface area (Å²) in [5.74, 6) is -2.01. The van der Waals surface area contributed by atoms with E-state index in [0.29, 0.717) is 0 Å². The van der Waals surface area contributed by atoms with Gasteiger partial charge in [0.05, 0.1) is 11.3 Å². The third-order valence-corrected chi connectivity index (χ3v) is 2.13. The summed E-state index contributed by atoms with van der Waals surface area (Å²) >= 11 is 0. The quantitative estimate of drug-likeness (QED) is 0.669. The Kier molecular flexibility index (Phi) is 2.67. The van der Waals surface area contributed by atoms with Gasteiger partial charge in [0.15, 0.2) is 11.6 Å². The zero-order valence-corrected chi connectivity index (χ0v) is 8.86. The summed E-state index contributed by atoms with van der Waals surface area (Å²) in [6.45, 7) is 5.13. The lowest BCUT2D eigenvalue weighted by Crippen LogP contribution is -2.18. The van der Waals surface area contributed by atoms with Gasteiger partial charge < -0.3 is 5.73 Å². The molecule has 1 aromatic rings. The minimum absolute atomic E-state index is 0.0175. The van der Waals surface area contributed by atoms with Crippen molar-refractivity contribution < 1.29 is 8.78 Å². The largest absolute Gasteiger partial charge is 0.397 e. The molecule has 0 aliphatic carbocycles. The maximum atomic E-state index is 13.5. The molecule has 0 atom stereocenters. The predicted octanol–water partition coefficient (Wildman–Crippen LogP) is 2.72. The second kappa shape index (κ2) is 3.50. The van der Waals surface area contributed by atoms with Crippen LogP contribution in [0.25, 0.3) is 0 Å². The van der Waals surface area contributed by atoms with Crippen LogP contribution >= 0.6 is 0 Å². The lowest BCUT2D eigenvalue weighted by Gasteiger charge is -2.22. The van der Waals surface area contributed by atoms with E-state index in [1.165, 1.54) is 0 Å². The van der Waals surface area contributed by atoms with Crippen LogP contribution in [0, 0.1) is 23.0 Å². The van der Waals surface area contributed by atoms with Crippen LogP contribution in [-0.2, 0) is 5.41 Å². The van der Waals surface area contributed by atoms with Crippen LogP contribution in [0.1, 0.15) is 31.9 Å². The minimum atomic E-state index is -1.04. The molecule has 0 aliphatic heterocycles. The maximum Gasteiger partial charge on any atom is 0.164 e. The molecule has 0 heterocycles. The third kappa shape index (κ3) is 1.91. The predicted molar refractivity (Wildman–Crippen MR) is 54.2 cm³/mol.